The lowest BCUT2D eigenvalue weighted by Crippen LogP contribution is -2.15. The standard InChI is InChI=1S/C9H14Cl3O2/c1-2-3-4-8(14-7-13)5-6-9(10,11)12/h8H,2-6H2,1H3. The van der Waals surface area contributed by atoms with Crippen molar-refractivity contribution >= 4 is 41.3 Å². The molecule has 0 aliphatic rings. The average Bonchev–Trinajstić information content (AvgIpc) is 2.08. The minimum atomic E-state index is -1.27. The molecule has 0 rings (SSSR count). The van der Waals surface area contributed by atoms with Gasteiger partial charge < -0.3 is 4.74 Å². The molecule has 1 radical (unpaired) electrons. The van der Waals surface area contributed by atoms with Crippen LogP contribution in [0.3, 0.4) is 0 Å². The van der Waals surface area contributed by atoms with Crippen LogP contribution in [-0.2, 0) is 9.53 Å². The minimum Gasteiger partial charge on any atom is -0.454 e. The molecular weight excluding hydrogens is 246 g/mol. The molecule has 0 aromatic rings. The van der Waals surface area contributed by atoms with E-state index in [9.17, 15) is 4.79 Å². The Balaban J connectivity index is 3.77. The molecule has 1 unspecified atom stereocenters. The second kappa shape index (κ2) is 7.61. The summed E-state index contributed by atoms with van der Waals surface area (Å²) in [6.07, 6.45) is 3.60. The highest BCUT2D eigenvalue weighted by molar-refractivity contribution is 6.67. The van der Waals surface area contributed by atoms with Crippen molar-refractivity contribution in [1.29, 1.82) is 0 Å². The monoisotopic (exact) mass is 259 g/mol. The lowest BCUT2D eigenvalue weighted by molar-refractivity contribution is 0.153. The molecule has 83 valence electrons. The van der Waals surface area contributed by atoms with Crippen LogP contribution in [-0.4, -0.2) is 16.4 Å². The van der Waals surface area contributed by atoms with E-state index < -0.39 is 3.79 Å². The maximum absolute atomic E-state index is 10.1. The van der Waals surface area contributed by atoms with Gasteiger partial charge in [-0.05, 0) is 19.3 Å². The number of rotatable bonds is 7. The van der Waals surface area contributed by atoms with Gasteiger partial charge in [0.05, 0.1) is 0 Å². The van der Waals surface area contributed by atoms with Crippen molar-refractivity contribution < 1.29 is 9.53 Å². The van der Waals surface area contributed by atoms with Crippen LogP contribution in [0, 0.1) is 0 Å². The summed E-state index contributed by atoms with van der Waals surface area (Å²) in [6.45, 7) is 3.50. The van der Waals surface area contributed by atoms with Crippen molar-refractivity contribution in [2.45, 2.75) is 48.9 Å². The van der Waals surface area contributed by atoms with E-state index in [1.807, 2.05) is 0 Å². The Morgan fingerprint density at radius 1 is 1.36 bits per heavy atom. The molecule has 0 aromatic heterocycles. The van der Waals surface area contributed by atoms with E-state index in [4.69, 9.17) is 39.5 Å². The Kier molecular flexibility index (Phi) is 7.79. The van der Waals surface area contributed by atoms with Gasteiger partial charge in [0.15, 0.2) is 3.79 Å². The summed E-state index contributed by atoms with van der Waals surface area (Å²) >= 11 is 16.8. The van der Waals surface area contributed by atoms with Crippen LogP contribution >= 0.6 is 34.8 Å². The van der Waals surface area contributed by atoms with E-state index in [0.29, 0.717) is 12.8 Å². The normalized spacial score (nSPS) is 13.7. The number of hydrogen-bond acceptors (Lipinski definition) is 2. The summed E-state index contributed by atoms with van der Waals surface area (Å²) in [5.41, 5.74) is 0. The molecule has 2 nitrogen and oxygen atoms in total. The first kappa shape index (κ1) is 14.3. The third kappa shape index (κ3) is 8.92. The second-order valence-electron chi connectivity index (χ2n) is 3.12. The maximum Gasteiger partial charge on any atom is 0.417 e. The van der Waals surface area contributed by atoms with Gasteiger partial charge in [-0.3, -0.25) is 0 Å². The summed E-state index contributed by atoms with van der Waals surface area (Å²) in [6, 6.07) is 0. The van der Waals surface area contributed by atoms with Crippen molar-refractivity contribution in [2.24, 2.45) is 0 Å². The molecule has 0 N–H and O–H groups in total. The summed E-state index contributed by atoms with van der Waals surface area (Å²) < 4.78 is 3.49. The number of halogens is 3. The van der Waals surface area contributed by atoms with Crippen LogP contribution in [0.15, 0.2) is 0 Å². The highest BCUT2D eigenvalue weighted by Crippen LogP contribution is 2.32. The molecule has 0 saturated heterocycles. The zero-order valence-electron chi connectivity index (χ0n) is 8.06. The number of hydrogen-bond donors (Lipinski definition) is 0. The van der Waals surface area contributed by atoms with Gasteiger partial charge in [-0.2, -0.15) is 0 Å². The highest BCUT2D eigenvalue weighted by atomic mass is 35.6. The van der Waals surface area contributed by atoms with Crippen molar-refractivity contribution in [1.82, 2.24) is 0 Å². The molecule has 0 bridgehead atoms. The number of ether oxygens (including phenoxy) is 1. The summed E-state index contributed by atoms with van der Waals surface area (Å²) in [5, 5.41) is 0. The molecule has 1 atom stereocenters. The van der Waals surface area contributed by atoms with E-state index in [0.717, 1.165) is 19.3 Å². The first-order valence-electron chi connectivity index (χ1n) is 4.59. The molecule has 0 amide bonds. The van der Waals surface area contributed by atoms with E-state index >= 15 is 0 Å². The Bertz CT molecular complexity index is 157. The van der Waals surface area contributed by atoms with Gasteiger partial charge in [-0.1, -0.05) is 54.6 Å². The Labute approximate surface area is 99.8 Å². The molecule has 0 aromatic carbocycles. The van der Waals surface area contributed by atoms with E-state index in [2.05, 4.69) is 6.92 Å². The Morgan fingerprint density at radius 2 is 2.00 bits per heavy atom. The van der Waals surface area contributed by atoms with Crippen LogP contribution in [0.1, 0.15) is 39.0 Å². The van der Waals surface area contributed by atoms with Crippen LogP contribution in [0.4, 0.5) is 0 Å². The zero-order chi connectivity index (χ0) is 11.0. The largest absolute Gasteiger partial charge is 0.454 e. The molecule has 14 heavy (non-hydrogen) atoms. The van der Waals surface area contributed by atoms with Gasteiger partial charge in [0.1, 0.15) is 6.10 Å². The minimum absolute atomic E-state index is 0.178. The van der Waals surface area contributed by atoms with Crippen LogP contribution in [0.2, 0.25) is 0 Å². The lowest BCUT2D eigenvalue weighted by Gasteiger charge is -2.17. The molecule has 0 fully saturated rings. The number of carbonyl (C=O) groups excluding carboxylic acids is 1. The topological polar surface area (TPSA) is 26.3 Å². The average molecular weight is 261 g/mol. The predicted molar refractivity (Wildman–Crippen MR) is 59.6 cm³/mol. The lowest BCUT2D eigenvalue weighted by atomic mass is 10.1. The third-order valence-electron chi connectivity index (χ3n) is 1.84. The first-order valence-corrected chi connectivity index (χ1v) is 5.72. The maximum atomic E-state index is 10.1. The van der Waals surface area contributed by atoms with Crippen molar-refractivity contribution in [3.63, 3.8) is 0 Å². The van der Waals surface area contributed by atoms with Crippen molar-refractivity contribution in [3.05, 3.63) is 0 Å². The van der Waals surface area contributed by atoms with Gasteiger partial charge in [0.25, 0.3) is 0 Å². The third-order valence-corrected chi connectivity index (χ3v) is 2.41. The Hall–Kier alpha value is 0.340. The summed E-state index contributed by atoms with van der Waals surface area (Å²) in [7, 11) is 0. The molecule has 0 spiro atoms. The highest BCUT2D eigenvalue weighted by Gasteiger charge is 2.22. The van der Waals surface area contributed by atoms with Gasteiger partial charge in [0, 0.05) is 0 Å². The quantitative estimate of drug-likeness (QED) is 0.651. The fourth-order valence-corrected chi connectivity index (χ4v) is 1.41. The van der Waals surface area contributed by atoms with Crippen LogP contribution in [0.25, 0.3) is 0 Å². The van der Waals surface area contributed by atoms with Gasteiger partial charge >= 0.3 is 6.47 Å². The van der Waals surface area contributed by atoms with Crippen molar-refractivity contribution in [3.8, 4) is 0 Å². The van der Waals surface area contributed by atoms with E-state index in [-0.39, 0.29) is 6.10 Å². The van der Waals surface area contributed by atoms with E-state index in [1.165, 1.54) is 6.47 Å². The number of unbranched alkanes of at least 4 members (excludes halogenated alkanes) is 1. The zero-order valence-corrected chi connectivity index (χ0v) is 10.3. The van der Waals surface area contributed by atoms with Crippen molar-refractivity contribution in [2.75, 3.05) is 0 Å². The van der Waals surface area contributed by atoms with Gasteiger partial charge in [-0.15, -0.1) is 0 Å². The summed E-state index contributed by atoms with van der Waals surface area (Å²) in [4.78, 5) is 10.1. The SMILES string of the molecule is CCCCC(CCC(Cl)(Cl)Cl)O[C]=O. The number of alkyl halides is 3. The molecule has 0 heterocycles. The molecule has 0 aliphatic heterocycles. The van der Waals surface area contributed by atoms with Crippen LogP contribution < -0.4 is 0 Å². The first-order chi connectivity index (χ1) is 6.49. The fraction of sp³-hybridized carbons (Fsp3) is 0.889. The van der Waals surface area contributed by atoms with Gasteiger partial charge in [0.2, 0.25) is 0 Å². The Morgan fingerprint density at radius 3 is 2.43 bits per heavy atom. The molecule has 0 saturated carbocycles. The van der Waals surface area contributed by atoms with E-state index in [1.54, 1.807) is 0 Å². The summed E-state index contributed by atoms with van der Waals surface area (Å²) in [5.74, 6) is 0. The predicted octanol–water partition coefficient (Wildman–Crippen LogP) is 3.78. The second-order valence-corrected chi connectivity index (χ2v) is 5.64. The van der Waals surface area contributed by atoms with Gasteiger partial charge in [-0.25, -0.2) is 4.79 Å². The smallest absolute Gasteiger partial charge is 0.417 e. The fourth-order valence-electron chi connectivity index (χ4n) is 1.09. The molecular formula is C9H14Cl3O2. The molecule has 5 heteroatoms. The molecule has 0 aliphatic carbocycles. The van der Waals surface area contributed by atoms with Crippen LogP contribution in [0.5, 0.6) is 0 Å².